The molecule has 5 nitrogen and oxygen atoms in total. The average Bonchev–Trinajstić information content (AvgIpc) is 2.54. The van der Waals surface area contributed by atoms with Crippen molar-refractivity contribution in [3.63, 3.8) is 0 Å². The number of aryl methyl sites for hydroxylation is 1. The molecule has 0 bridgehead atoms. The SMILES string of the molecule is COC(=O)c1ccc(Cl)c(N(C)S(=O)(=O)c2ccc(C)cc2)c1. The lowest BCUT2D eigenvalue weighted by molar-refractivity contribution is 0.0601. The monoisotopic (exact) mass is 353 g/mol. The Hall–Kier alpha value is -2.05. The van der Waals surface area contributed by atoms with Crippen molar-refractivity contribution in [3.05, 3.63) is 58.6 Å². The van der Waals surface area contributed by atoms with Gasteiger partial charge in [0, 0.05) is 7.05 Å². The Labute approximate surface area is 140 Å². The predicted molar refractivity (Wildman–Crippen MR) is 89.6 cm³/mol. The number of anilines is 1. The first-order valence-electron chi connectivity index (χ1n) is 6.71. The summed E-state index contributed by atoms with van der Waals surface area (Å²) in [5.41, 5.74) is 1.38. The van der Waals surface area contributed by atoms with Crippen LogP contribution < -0.4 is 4.31 Å². The average molecular weight is 354 g/mol. The maximum Gasteiger partial charge on any atom is 0.337 e. The molecule has 0 aliphatic heterocycles. The van der Waals surface area contributed by atoms with E-state index < -0.39 is 16.0 Å². The number of carbonyl (C=O) groups excluding carboxylic acids is 1. The van der Waals surface area contributed by atoms with Crippen LogP contribution in [0.1, 0.15) is 15.9 Å². The molecular formula is C16H16ClNO4S. The van der Waals surface area contributed by atoms with Crippen LogP contribution in [-0.4, -0.2) is 28.5 Å². The molecule has 0 fully saturated rings. The van der Waals surface area contributed by atoms with Crippen LogP contribution in [0.4, 0.5) is 5.69 Å². The zero-order valence-corrected chi connectivity index (χ0v) is 14.5. The lowest BCUT2D eigenvalue weighted by Gasteiger charge is -2.21. The van der Waals surface area contributed by atoms with Gasteiger partial charge in [-0.1, -0.05) is 29.3 Å². The Kier molecular flexibility index (Phi) is 4.97. The van der Waals surface area contributed by atoms with E-state index in [1.807, 2.05) is 6.92 Å². The summed E-state index contributed by atoms with van der Waals surface area (Å²) in [6.07, 6.45) is 0. The van der Waals surface area contributed by atoms with Gasteiger partial charge in [-0.3, -0.25) is 4.31 Å². The Morgan fingerprint density at radius 1 is 1.13 bits per heavy atom. The summed E-state index contributed by atoms with van der Waals surface area (Å²) in [5, 5.41) is 0.218. The number of methoxy groups -OCH3 is 1. The lowest BCUT2D eigenvalue weighted by atomic mass is 10.2. The first-order valence-corrected chi connectivity index (χ1v) is 8.52. The highest BCUT2D eigenvalue weighted by atomic mass is 35.5. The number of hydrogen-bond donors (Lipinski definition) is 0. The second-order valence-corrected chi connectivity index (χ2v) is 7.32. The van der Waals surface area contributed by atoms with E-state index in [9.17, 15) is 13.2 Å². The first-order chi connectivity index (χ1) is 10.8. The molecule has 0 radical (unpaired) electrons. The van der Waals surface area contributed by atoms with Crippen molar-refractivity contribution in [1.82, 2.24) is 0 Å². The summed E-state index contributed by atoms with van der Waals surface area (Å²) in [4.78, 5) is 11.8. The van der Waals surface area contributed by atoms with E-state index in [1.165, 1.54) is 44.5 Å². The van der Waals surface area contributed by atoms with E-state index in [-0.39, 0.29) is 21.2 Å². The van der Waals surface area contributed by atoms with Crippen LogP contribution in [0.5, 0.6) is 0 Å². The smallest absolute Gasteiger partial charge is 0.337 e. The zero-order chi connectivity index (χ0) is 17.2. The third-order valence-corrected chi connectivity index (χ3v) is 5.49. The molecule has 0 aliphatic rings. The first kappa shape index (κ1) is 17.3. The van der Waals surface area contributed by atoms with Gasteiger partial charge in [0.25, 0.3) is 10.0 Å². The molecular weight excluding hydrogens is 338 g/mol. The van der Waals surface area contributed by atoms with Crippen molar-refractivity contribution in [1.29, 1.82) is 0 Å². The third kappa shape index (κ3) is 3.48. The quantitative estimate of drug-likeness (QED) is 0.791. The van der Waals surface area contributed by atoms with Gasteiger partial charge < -0.3 is 4.74 Å². The van der Waals surface area contributed by atoms with Crippen LogP contribution in [0, 0.1) is 6.92 Å². The Morgan fingerprint density at radius 3 is 2.30 bits per heavy atom. The number of carbonyl (C=O) groups is 1. The fourth-order valence-corrected chi connectivity index (χ4v) is 3.50. The molecule has 7 heteroatoms. The van der Waals surface area contributed by atoms with Crippen LogP contribution in [0.3, 0.4) is 0 Å². The maximum absolute atomic E-state index is 12.7. The minimum absolute atomic E-state index is 0.144. The van der Waals surface area contributed by atoms with Crippen LogP contribution in [0.2, 0.25) is 5.02 Å². The number of hydrogen-bond acceptors (Lipinski definition) is 4. The second-order valence-electron chi connectivity index (χ2n) is 4.94. The Bertz CT molecular complexity index is 832. The van der Waals surface area contributed by atoms with Gasteiger partial charge in [0.05, 0.1) is 28.3 Å². The zero-order valence-electron chi connectivity index (χ0n) is 12.9. The summed E-state index contributed by atoms with van der Waals surface area (Å²) >= 11 is 6.10. The lowest BCUT2D eigenvalue weighted by Crippen LogP contribution is -2.27. The number of ether oxygens (including phenoxy) is 1. The van der Waals surface area contributed by atoms with Gasteiger partial charge in [-0.15, -0.1) is 0 Å². The van der Waals surface area contributed by atoms with Gasteiger partial charge >= 0.3 is 5.97 Å². The predicted octanol–water partition coefficient (Wildman–Crippen LogP) is 3.26. The molecule has 0 unspecified atom stereocenters. The third-order valence-electron chi connectivity index (χ3n) is 3.39. The van der Waals surface area contributed by atoms with E-state index in [0.29, 0.717) is 0 Å². The molecule has 0 saturated heterocycles. The standard InChI is InChI=1S/C16H16ClNO4S/c1-11-4-7-13(8-5-11)23(20,21)18(2)15-10-12(16(19)22-3)6-9-14(15)17/h4-10H,1-3H3. The van der Waals surface area contributed by atoms with Gasteiger partial charge in [-0.2, -0.15) is 0 Å². The summed E-state index contributed by atoms with van der Waals surface area (Å²) in [6.45, 7) is 1.87. The molecule has 0 aromatic heterocycles. The van der Waals surface area contributed by atoms with Crippen LogP contribution in [0.15, 0.2) is 47.4 Å². The highest BCUT2D eigenvalue weighted by Crippen LogP contribution is 2.30. The topological polar surface area (TPSA) is 63.7 Å². The number of halogens is 1. The molecule has 122 valence electrons. The number of esters is 1. The summed E-state index contributed by atoms with van der Waals surface area (Å²) in [5.74, 6) is -0.566. The molecule has 23 heavy (non-hydrogen) atoms. The largest absolute Gasteiger partial charge is 0.465 e. The van der Waals surface area contributed by atoms with E-state index in [2.05, 4.69) is 4.74 Å². The number of sulfonamides is 1. The van der Waals surface area contributed by atoms with Crippen molar-refractivity contribution >= 4 is 33.3 Å². The molecule has 0 amide bonds. The number of benzene rings is 2. The van der Waals surface area contributed by atoms with Gasteiger partial charge in [-0.05, 0) is 37.3 Å². The molecule has 0 atom stereocenters. The molecule has 0 spiro atoms. The Morgan fingerprint density at radius 2 is 1.74 bits per heavy atom. The van der Waals surface area contributed by atoms with Gasteiger partial charge in [-0.25, -0.2) is 13.2 Å². The molecule has 0 saturated carbocycles. The molecule has 0 N–H and O–H groups in total. The van der Waals surface area contributed by atoms with Crippen molar-refractivity contribution in [2.75, 3.05) is 18.5 Å². The van der Waals surface area contributed by atoms with Gasteiger partial charge in [0.2, 0.25) is 0 Å². The van der Waals surface area contributed by atoms with Crippen molar-refractivity contribution in [2.24, 2.45) is 0 Å². The molecule has 0 aliphatic carbocycles. The summed E-state index contributed by atoms with van der Waals surface area (Å²) in [7, 11) is -1.14. The fraction of sp³-hybridized carbons (Fsp3) is 0.188. The maximum atomic E-state index is 12.7. The minimum atomic E-state index is -3.78. The van der Waals surface area contributed by atoms with Crippen LogP contribution in [0.25, 0.3) is 0 Å². The minimum Gasteiger partial charge on any atom is -0.465 e. The van der Waals surface area contributed by atoms with Gasteiger partial charge in [0.15, 0.2) is 0 Å². The van der Waals surface area contributed by atoms with Crippen molar-refractivity contribution in [2.45, 2.75) is 11.8 Å². The molecule has 2 aromatic rings. The highest BCUT2D eigenvalue weighted by molar-refractivity contribution is 7.92. The summed E-state index contributed by atoms with van der Waals surface area (Å²) in [6, 6.07) is 10.8. The van der Waals surface area contributed by atoms with E-state index >= 15 is 0 Å². The number of nitrogens with zero attached hydrogens (tertiary/aromatic N) is 1. The van der Waals surface area contributed by atoms with Crippen LogP contribution in [-0.2, 0) is 14.8 Å². The van der Waals surface area contributed by atoms with E-state index in [1.54, 1.807) is 12.1 Å². The van der Waals surface area contributed by atoms with E-state index in [0.717, 1.165) is 9.87 Å². The van der Waals surface area contributed by atoms with Crippen molar-refractivity contribution < 1.29 is 17.9 Å². The summed E-state index contributed by atoms with van der Waals surface area (Å²) < 4.78 is 31.1. The fourth-order valence-electron chi connectivity index (χ4n) is 2.00. The van der Waals surface area contributed by atoms with Crippen LogP contribution >= 0.6 is 11.6 Å². The van der Waals surface area contributed by atoms with Crippen molar-refractivity contribution in [3.8, 4) is 0 Å². The normalized spacial score (nSPS) is 11.1. The van der Waals surface area contributed by atoms with Gasteiger partial charge in [0.1, 0.15) is 0 Å². The number of rotatable bonds is 4. The molecule has 2 rings (SSSR count). The molecule has 2 aromatic carbocycles. The molecule has 0 heterocycles. The second kappa shape index (κ2) is 6.60. The van der Waals surface area contributed by atoms with E-state index in [4.69, 9.17) is 11.6 Å². The highest BCUT2D eigenvalue weighted by Gasteiger charge is 2.24. The Balaban J connectivity index is 2.48.